The van der Waals surface area contributed by atoms with Crippen LogP contribution in [0.5, 0.6) is 0 Å². The number of methoxy groups -OCH3 is 1. The summed E-state index contributed by atoms with van der Waals surface area (Å²) in [6.45, 7) is 0. The van der Waals surface area contributed by atoms with Crippen LogP contribution in [0.15, 0.2) is 0 Å². The summed E-state index contributed by atoms with van der Waals surface area (Å²) < 4.78 is 17.5. The third-order valence-corrected chi connectivity index (χ3v) is 3.12. The summed E-state index contributed by atoms with van der Waals surface area (Å²) in [6.07, 6.45) is 1.32. The first-order chi connectivity index (χ1) is 5.51. The molecule has 3 aliphatic carbocycles. The number of hydrogen-bond acceptors (Lipinski definition) is 3. The van der Waals surface area contributed by atoms with Crippen LogP contribution in [0.4, 0.5) is 4.39 Å². The van der Waals surface area contributed by atoms with Crippen LogP contribution >= 0.6 is 0 Å². The van der Waals surface area contributed by atoms with Crippen LogP contribution in [-0.2, 0) is 9.53 Å². The summed E-state index contributed by atoms with van der Waals surface area (Å²) in [5.74, 6) is -0.420. The summed E-state index contributed by atoms with van der Waals surface area (Å²) in [5, 5.41) is 0. The standard InChI is InChI=1S/C8H12FNO2/c1-12-6(11)5(10)7-2-8(9,3-7)4-7/h5H,2-4,10H2,1H3/t5-,7?,8?/m1/s1. The van der Waals surface area contributed by atoms with Gasteiger partial charge in [-0.2, -0.15) is 0 Å². The van der Waals surface area contributed by atoms with Gasteiger partial charge in [-0.25, -0.2) is 4.39 Å². The van der Waals surface area contributed by atoms with Gasteiger partial charge in [-0.05, 0) is 19.3 Å². The Bertz CT molecular complexity index is 221. The van der Waals surface area contributed by atoms with Crippen LogP contribution in [0, 0.1) is 5.41 Å². The highest BCUT2D eigenvalue weighted by Gasteiger charge is 2.72. The molecule has 3 nitrogen and oxygen atoms in total. The Kier molecular flexibility index (Phi) is 1.32. The van der Waals surface area contributed by atoms with E-state index in [4.69, 9.17) is 5.73 Å². The van der Waals surface area contributed by atoms with Crippen LogP contribution in [0.2, 0.25) is 0 Å². The Morgan fingerprint density at radius 2 is 2.08 bits per heavy atom. The van der Waals surface area contributed by atoms with Gasteiger partial charge in [0.05, 0.1) is 7.11 Å². The number of halogens is 1. The molecule has 0 unspecified atom stereocenters. The van der Waals surface area contributed by atoms with Gasteiger partial charge in [0.1, 0.15) is 11.7 Å². The van der Waals surface area contributed by atoms with E-state index >= 15 is 0 Å². The topological polar surface area (TPSA) is 52.3 Å². The highest BCUT2D eigenvalue weighted by atomic mass is 19.1. The van der Waals surface area contributed by atoms with Gasteiger partial charge in [-0.1, -0.05) is 0 Å². The second-order valence-electron chi connectivity index (χ2n) is 4.04. The quantitative estimate of drug-likeness (QED) is 0.614. The molecular weight excluding hydrogens is 161 g/mol. The Balaban J connectivity index is 1.99. The number of alkyl halides is 1. The smallest absolute Gasteiger partial charge is 0.323 e. The molecule has 2 bridgehead atoms. The molecule has 4 heteroatoms. The Morgan fingerprint density at radius 1 is 1.58 bits per heavy atom. The van der Waals surface area contributed by atoms with Crippen molar-refractivity contribution in [1.29, 1.82) is 0 Å². The van der Waals surface area contributed by atoms with Gasteiger partial charge < -0.3 is 10.5 Å². The van der Waals surface area contributed by atoms with E-state index in [9.17, 15) is 9.18 Å². The molecule has 0 aromatic rings. The van der Waals surface area contributed by atoms with Crippen LogP contribution < -0.4 is 5.73 Å². The molecule has 2 N–H and O–H groups in total. The zero-order valence-electron chi connectivity index (χ0n) is 6.97. The molecule has 3 fully saturated rings. The molecule has 0 heterocycles. The molecular formula is C8H12FNO2. The van der Waals surface area contributed by atoms with E-state index < -0.39 is 17.7 Å². The van der Waals surface area contributed by atoms with Gasteiger partial charge in [-0.15, -0.1) is 0 Å². The molecule has 0 amide bonds. The first kappa shape index (κ1) is 7.98. The highest BCUT2D eigenvalue weighted by molar-refractivity contribution is 5.77. The minimum absolute atomic E-state index is 0.262. The monoisotopic (exact) mass is 173 g/mol. The largest absolute Gasteiger partial charge is 0.468 e. The van der Waals surface area contributed by atoms with Gasteiger partial charge in [0.25, 0.3) is 0 Å². The zero-order chi connectivity index (χ0) is 8.98. The highest BCUT2D eigenvalue weighted by Crippen LogP contribution is 2.70. The van der Waals surface area contributed by atoms with Crippen molar-refractivity contribution in [3.05, 3.63) is 0 Å². The third-order valence-electron chi connectivity index (χ3n) is 3.12. The molecule has 12 heavy (non-hydrogen) atoms. The lowest BCUT2D eigenvalue weighted by atomic mass is 9.40. The number of carbonyl (C=O) groups excluding carboxylic acids is 1. The predicted octanol–water partition coefficient (Wildman–Crippen LogP) is 0.379. The van der Waals surface area contributed by atoms with Crippen molar-refractivity contribution >= 4 is 5.97 Å². The second kappa shape index (κ2) is 1.99. The first-order valence-electron chi connectivity index (χ1n) is 4.04. The van der Waals surface area contributed by atoms with Crippen molar-refractivity contribution in [3.8, 4) is 0 Å². The fourth-order valence-electron chi connectivity index (χ4n) is 2.44. The van der Waals surface area contributed by atoms with Gasteiger partial charge in [-0.3, -0.25) is 4.79 Å². The molecule has 0 aromatic heterocycles. The molecule has 68 valence electrons. The fourth-order valence-corrected chi connectivity index (χ4v) is 2.44. The van der Waals surface area contributed by atoms with Crippen LogP contribution in [0.1, 0.15) is 19.3 Å². The molecule has 0 saturated heterocycles. The average molecular weight is 173 g/mol. The lowest BCUT2D eigenvalue weighted by molar-refractivity contribution is -0.227. The summed E-state index contributed by atoms with van der Waals surface area (Å²) >= 11 is 0. The maximum Gasteiger partial charge on any atom is 0.323 e. The normalized spacial score (nSPS) is 45.6. The minimum atomic E-state index is -0.994. The van der Waals surface area contributed by atoms with E-state index in [0.717, 1.165) is 0 Å². The van der Waals surface area contributed by atoms with Crippen molar-refractivity contribution in [2.75, 3.05) is 7.11 Å². The SMILES string of the molecule is COC(=O)[C@@H](N)C12CC(F)(C1)C2. The number of esters is 1. The van der Waals surface area contributed by atoms with Crippen molar-refractivity contribution in [1.82, 2.24) is 0 Å². The van der Waals surface area contributed by atoms with Gasteiger partial charge >= 0.3 is 5.97 Å². The first-order valence-corrected chi connectivity index (χ1v) is 4.04. The Labute approximate surface area is 70.1 Å². The number of nitrogens with two attached hydrogens (primary N) is 1. The summed E-state index contributed by atoms with van der Waals surface area (Å²) in [4.78, 5) is 11.0. The second-order valence-corrected chi connectivity index (χ2v) is 4.04. The maximum atomic E-state index is 13.0. The Morgan fingerprint density at radius 3 is 2.42 bits per heavy atom. The van der Waals surface area contributed by atoms with E-state index in [1.165, 1.54) is 7.11 Å². The van der Waals surface area contributed by atoms with E-state index in [0.29, 0.717) is 19.3 Å². The average Bonchev–Trinajstić information content (AvgIpc) is 1.94. The molecule has 3 saturated carbocycles. The van der Waals surface area contributed by atoms with Crippen LogP contribution in [0.3, 0.4) is 0 Å². The van der Waals surface area contributed by atoms with Crippen molar-refractivity contribution in [3.63, 3.8) is 0 Å². The van der Waals surface area contributed by atoms with E-state index in [1.54, 1.807) is 0 Å². The number of ether oxygens (including phenoxy) is 1. The van der Waals surface area contributed by atoms with Crippen LogP contribution in [-0.4, -0.2) is 24.8 Å². The van der Waals surface area contributed by atoms with Crippen molar-refractivity contribution < 1.29 is 13.9 Å². The third kappa shape index (κ3) is 0.759. The van der Waals surface area contributed by atoms with E-state index in [2.05, 4.69) is 4.74 Å². The Hall–Kier alpha value is -0.640. The predicted molar refractivity (Wildman–Crippen MR) is 40.1 cm³/mol. The number of rotatable bonds is 2. The molecule has 3 aliphatic rings. The lowest BCUT2D eigenvalue weighted by Crippen LogP contribution is -2.72. The summed E-state index contributed by atoms with van der Waals surface area (Å²) in [6, 6.07) is -0.625. The summed E-state index contributed by atoms with van der Waals surface area (Å²) in [7, 11) is 1.30. The molecule has 0 aliphatic heterocycles. The lowest BCUT2D eigenvalue weighted by Gasteiger charge is -2.67. The molecule has 0 radical (unpaired) electrons. The van der Waals surface area contributed by atoms with Gasteiger partial charge in [0, 0.05) is 5.41 Å². The molecule has 3 rings (SSSR count). The van der Waals surface area contributed by atoms with E-state index in [1.807, 2.05) is 0 Å². The van der Waals surface area contributed by atoms with E-state index in [-0.39, 0.29) is 5.41 Å². The van der Waals surface area contributed by atoms with Crippen molar-refractivity contribution in [2.24, 2.45) is 11.1 Å². The number of carbonyl (C=O) groups is 1. The van der Waals surface area contributed by atoms with Crippen molar-refractivity contribution in [2.45, 2.75) is 31.0 Å². The molecule has 0 aromatic carbocycles. The van der Waals surface area contributed by atoms with Gasteiger partial charge in [0.15, 0.2) is 0 Å². The summed E-state index contributed by atoms with van der Waals surface area (Å²) in [5.41, 5.74) is 4.37. The van der Waals surface area contributed by atoms with Gasteiger partial charge in [0.2, 0.25) is 0 Å². The zero-order valence-corrected chi connectivity index (χ0v) is 6.97. The fraction of sp³-hybridized carbons (Fsp3) is 0.875. The van der Waals surface area contributed by atoms with Crippen LogP contribution in [0.25, 0.3) is 0 Å². The molecule has 1 atom stereocenters. The number of hydrogen-bond donors (Lipinski definition) is 1. The maximum absolute atomic E-state index is 13.0. The minimum Gasteiger partial charge on any atom is -0.468 e. The molecule has 0 spiro atoms.